The van der Waals surface area contributed by atoms with Gasteiger partial charge in [-0.25, -0.2) is 0 Å². The molecular formula is C13H16BrF3O2. The predicted molar refractivity (Wildman–Crippen MR) is 70.4 cm³/mol. The largest absolute Gasteiger partial charge is 0.496 e. The smallest absolute Gasteiger partial charge is 0.389 e. The van der Waals surface area contributed by atoms with E-state index in [-0.39, 0.29) is 6.42 Å². The molecule has 108 valence electrons. The van der Waals surface area contributed by atoms with E-state index in [1.807, 2.05) is 6.07 Å². The quantitative estimate of drug-likeness (QED) is 0.877. The number of aliphatic hydroxyl groups excluding tert-OH is 1. The first-order valence-electron chi connectivity index (χ1n) is 5.75. The number of methoxy groups -OCH3 is 1. The second-order valence-corrected chi connectivity index (χ2v) is 5.27. The fourth-order valence-electron chi connectivity index (χ4n) is 1.99. The van der Waals surface area contributed by atoms with E-state index >= 15 is 0 Å². The summed E-state index contributed by atoms with van der Waals surface area (Å²) in [5.74, 6) is 0.440. The summed E-state index contributed by atoms with van der Waals surface area (Å²) in [6, 6.07) is 1.81. The monoisotopic (exact) mass is 340 g/mol. The highest BCUT2D eigenvalue weighted by Gasteiger charge is 2.30. The van der Waals surface area contributed by atoms with Crippen molar-refractivity contribution in [3.05, 3.63) is 27.2 Å². The van der Waals surface area contributed by atoms with Crippen LogP contribution in [-0.4, -0.2) is 18.4 Å². The second kappa shape index (κ2) is 6.13. The Morgan fingerprint density at radius 2 is 1.95 bits per heavy atom. The van der Waals surface area contributed by atoms with Crippen LogP contribution in [0, 0.1) is 13.8 Å². The van der Waals surface area contributed by atoms with Gasteiger partial charge in [0.1, 0.15) is 5.75 Å². The van der Waals surface area contributed by atoms with E-state index in [1.54, 1.807) is 13.8 Å². The molecule has 0 fully saturated rings. The van der Waals surface area contributed by atoms with E-state index in [0.717, 1.165) is 10.0 Å². The highest BCUT2D eigenvalue weighted by atomic mass is 79.9. The third-order valence-electron chi connectivity index (χ3n) is 2.95. The van der Waals surface area contributed by atoms with Crippen LogP contribution in [0.1, 0.15) is 35.6 Å². The van der Waals surface area contributed by atoms with Crippen LogP contribution in [0.3, 0.4) is 0 Å². The minimum absolute atomic E-state index is 0.378. The molecule has 1 aromatic carbocycles. The lowest BCUT2D eigenvalue weighted by Crippen LogP contribution is -2.12. The van der Waals surface area contributed by atoms with E-state index in [4.69, 9.17) is 4.74 Å². The maximum absolute atomic E-state index is 12.2. The Bertz CT molecular complexity index is 458. The van der Waals surface area contributed by atoms with Crippen molar-refractivity contribution in [2.75, 3.05) is 7.11 Å². The Morgan fingerprint density at radius 3 is 2.42 bits per heavy atom. The topological polar surface area (TPSA) is 29.5 Å². The summed E-state index contributed by atoms with van der Waals surface area (Å²) in [6.07, 6.45) is -6.88. The second-order valence-electron chi connectivity index (χ2n) is 4.42. The predicted octanol–water partition coefficient (Wildman–Crippen LogP) is 4.45. The molecule has 0 heterocycles. The van der Waals surface area contributed by atoms with E-state index in [9.17, 15) is 18.3 Å². The molecule has 1 N–H and O–H groups in total. The Hall–Kier alpha value is -0.750. The minimum Gasteiger partial charge on any atom is -0.496 e. The van der Waals surface area contributed by atoms with Crippen molar-refractivity contribution in [2.24, 2.45) is 0 Å². The average molecular weight is 341 g/mol. The third-order valence-corrected chi connectivity index (χ3v) is 3.77. The highest BCUT2D eigenvalue weighted by Crippen LogP contribution is 2.39. The van der Waals surface area contributed by atoms with Crippen LogP contribution in [0.15, 0.2) is 10.5 Å². The molecule has 0 aliphatic rings. The number of hydrogen-bond acceptors (Lipinski definition) is 2. The van der Waals surface area contributed by atoms with Crippen LogP contribution in [0.5, 0.6) is 5.75 Å². The Labute approximate surface area is 118 Å². The van der Waals surface area contributed by atoms with Crippen LogP contribution in [-0.2, 0) is 0 Å². The van der Waals surface area contributed by atoms with Crippen LogP contribution in [0.2, 0.25) is 0 Å². The molecule has 0 spiro atoms. The molecule has 1 rings (SSSR count). The number of ether oxygens (including phenoxy) is 1. The van der Waals surface area contributed by atoms with Crippen molar-refractivity contribution in [1.82, 2.24) is 0 Å². The van der Waals surface area contributed by atoms with E-state index in [2.05, 4.69) is 15.9 Å². The van der Waals surface area contributed by atoms with Gasteiger partial charge >= 0.3 is 6.18 Å². The van der Waals surface area contributed by atoms with Crippen molar-refractivity contribution in [3.63, 3.8) is 0 Å². The number of alkyl halides is 3. The maximum atomic E-state index is 12.2. The van der Waals surface area contributed by atoms with E-state index in [0.29, 0.717) is 16.9 Å². The highest BCUT2D eigenvalue weighted by molar-refractivity contribution is 9.10. The summed E-state index contributed by atoms with van der Waals surface area (Å²) in [4.78, 5) is 0. The van der Waals surface area contributed by atoms with Gasteiger partial charge in [0, 0.05) is 16.5 Å². The third kappa shape index (κ3) is 4.11. The molecule has 2 nitrogen and oxygen atoms in total. The summed E-state index contributed by atoms with van der Waals surface area (Å²) in [7, 11) is 1.44. The molecule has 0 saturated carbocycles. The zero-order valence-electron chi connectivity index (χ0n) is 10.9. The zero-order chi connectivity index (χ0) is 14.8. The molecule has 1 unspecified atom stereocenters. The average Bonchev–Trinajstić information content (AvgIpc) is 2.29. The van der Waals surface area contributed by atoms with Gasteiger partial charge in [0.2, 0.25) is 0 Å². The van der Waals surface area contributed by atoms with E-state index in [1.165, 1.54) is 7.11 Å². The molecule has 0 radical (unpaired) electrons. The molecule has 0 aliphatic heterocycles. The molecule has 19 heavy (non-hydrogen) atoms. The number of aryl methyl sites for hydroxylation is 1. The van der Waals surface area contributed by atoms with Crippen LogP contribution >= 0.6 is 15.9 Å². The molecule has 1 aromatic rings. The number of rotatable bonds is 4. The maximum Gasteiger partial charge on any atom is 0.389 e. The Balaban J connectivity index is 3.11. The lowest BCUT2D eigenvalue weighted by Gasteiger charge is -2.20. The molecule has 6 heteroatoms. The van der Waals surface area contributed by atoms with Gasteiger partial charge < -0.3 is 9.84 Å². The lowest BCUT2D eigenvalue weighted by molar-refractivity contribution is -0.140. The van der Waals surface area contributed by atoms with Gasteiger partial charge in [-0.1, -0.05) is 15.9 Å². The van der Waals surface area contributed by atoms with Crippen LogP contribution in [0.4, 0.5) is 13.2 Å². The summed E-state index contributed by atoms with van der Waals surface area (Å²) in [5, 5.41) is 10.0. The zero-order valence-corrected chi connectivity index (χ0v) is 12.5. The van der Waals surface area contributed by atoms with Crippen molar-refractivity contribution in [3.8, 4) is 5.75 Å². The first-order valence-corrected chi connectivity index (χ1v) is 6.55. The number of benzene rings is 1. The number of aliphatic hydroxyl groups is 1. The fourth-order valence-corrected chi connectivity index (χ4v) is 2.55. The summed E-state index contributed by atoms with van der Waals surface area (Å²) >= 11 is 3.33. The van der Waals surface area contributed by atoms with Gasteiger partial charge in [-0.05, 0) is 37.5 Å². The van der Waals surface area contributed by atoms with Crippen molar-refractivity contribution >= 4 is 15.9 Å². The van der Waals surface area contributed by atoms with Crippen molar-refractivity contribution in [2.45, 2.75) is 39.0 Å². The molecular weight excluding hydrogens is 325 g/mol. The molecule has 1 atom stereocenters. The summed E-state index contributed by atoms with van der Waals surface area (Å²) in [6.45, 7) is 3.52. The Morgan fingerprint density at radius 1 is 1.37 bits per heavy atom. The lowest BCUT2D eigenvalue weighted by atomic mass is 9.96. The molecule has 0 saturated heterocycles. The van der Waals surface area contributed by atoms with Gasteiger partial charge in [-0.15, -0.1) is 0 Å². The van der Waals surface area contributed by atoms with Crippen molar-refractivity contribution in [1.29, 1.82) is 0 Å². The van der Waals surface area contributed by atoms with Gasteiger partial charge in [0.25, 0.3) is 0 Å². The summed E-state index contributed by atoms with van der Waals surface area (Å²) < 4.78 is 42.6. The number of halogens is 4. The SMILES string of the molecule is COc1c(C)cc(Br)c(C)c1C(O)CCC(F)(F)F. The van der Waals surface area contributed by atoms with E-state index < -0.39 is 18.7 Å². The molecule has 0 aliphatic carbocycles. The molecule has 0 bridgehead atoms. The van der Waals surface area contributed by atoms with Gasteiger partial charge in [0.15, 0.2) is 0 Å². The Kier molecular flexibility index (Phi) is 5.26. The van der Waals surface area contributed by atoms with Crippen LogP contribution < -0.4 is 4.74 Å². The van der Waals surface area contributed by atoms with Gasteiger partial charge in [-0.3, -0.25) is 0 Å². The van der Waals surface area contributed by atoms with Gasteiger partial charge in [0.05, 0.1) is 13.2 Å². The standard InChI is InChI=1S/C13H16BrF3O2/c1-7-6-9(14)8(2)11(12(7)19-3)10(18)4-5-13(15,16)17/h6,10,18H,4-5H2,1-3H3. The normalized spacial score (nSPS) is 13.5. The van der Waals surface area contributed by atoms with Gasteiger partial charge in [-0.2, -0.15) is 13.2 Å². The minimum atomic E-state index is -4.27. The fraction of sp³-hybridized carbons (Fsp3) is 0.538. The van der Waals surface area contributed by atoms with Crippen LogP contribution in [0.25, 0.3) is 0 Å². The molecule has 0 amide bonds. The van der Waals surface area contributed by atoms with Crippen molar-refractivity contribution < 1.29 is 23.0 Å². The number of hydrogen-bond donors (Lipinski definition) is 1. The summed E-state index contributed by atoms with van der Waals surface area (Å²) in [5.41, 5.74) is 1.87. The first kappa shape index (κ1) is 16.3. The first-order chi connectivity index (χ1) is 8.67. The molecule has 0 aromatic heterocycles.